The number of hydrogen-bond donors (Lipinski definition) is 0. The predicted octanol–water partition coefficient (Wildman–Crippen LogP) is 4.43. The summed E-state index contributed by atoms with van der Waals surface area (Å²) in [5.74, 6) is 0.292. The van der Waals surface area contributed by atoms with Crippen LogP contribution < -0.4 is 4.74 Å². The molecule has 0 aliphatic carbocycles. The highest BCUT2D eigenvalue weighted by molar-refractivity contribution is 6.00. The van der Waals surface area contributed by atoms with Gasteiger partial charge in [0.05, 0.1) is 0 Å². The zero-order valence-corrected chi connectivity index (χ0v) is 11.2. The van der Waals surface area contributed by atoms with E-state index in [9.17, 15) is 4.79 Å². The normalized spacial score (nSPS) is 10.4. The summed E-state index contributed by atoms with van der Waals surface area (Å²) < 4.78 is 5.37. The van der Waals surface area contributed by atoms with Gasteiger partial charge in [-0.2, -0.15) is 0 Å². The third-order valence-electron chi connectivity index (χ3n) is 3.21. The van der Waals surface area contributed by atoms with E-state index in [4.69, 9.17) is 4.74 Å². The van der Waals surface area contributed by atoms with E-state index in [1.54, 1.807) is 0 Å². The molecule has 0 aliphatic rings. The van der Waals surface area contributed by atoms with E-state index in [0.29, 0.717) is 5.75 Å². The van der Waals surface area contributed by atoms with Gasteiger partial charge in [-0.3, -0.25) is 4.79 Å². The Bertz CT molecular complexity index is 761. The molecule has 98 valence electrons. The van der Waals surface area contributed by atoms with Crippen LogP contribution in [0.4, 0.5) is 0 Å². The summed E-state index contributed by atoms with van der Waals surface area (Å²) in [6.45, 7) is 1.42. The van der Waals surface area contributed by atoms with Gasteiger partial charge in [0.25, 0.3) is 0 Å². The highest BCUT2D eigenvalue weighted by atomic mass is 16.5. The summed E-state index contributed by atoms with van der Waals surface area (Å²) in [5, 5.41) is 2.21. The highest BCUT2D eigenvalue weighted by Gasteiger charge is 2.12. The van der Waals surface area contributed by atoms with E-state index in [1.807, 2.05) is 60.7 Å². The van der Waals surface area contributed by atoms with Crippen molar-refractivity contribution in [3.63, 3.8) is 0 Å². The van der Waals surface area contributed by atoms with Crippen molar-refractivity contribution in [1.29, 1.82) is 0 Å². The number of hydrogen-bond acceptors (Lipinski definition) is 2. The van der Waals surface area contributed by atoms with Crippen molar-refractivity contribution in [3.05, 3.63) is 66.7 Å². The maximum Gasteiger partial charge on any atom is 0.308 e. The lowest BCUT2D eigenvalue weighted by molar-refractivity contribution is -0.131. The predicted molar refractivity (Wildman–Crippen MR) is 80.7 cm³/mol. The van der Waals surface area contributed by atoms with Crippen LogP contribution in [0.1, 0.15) is 6.92 Å². The van der Waals surface area contributed by atoms with E-state index < -0.39 is 0 Å². The average Bonchev–Trinajstić information content (AvgIpc) is 2.47. The Morgan fingerprint density at radius 3 is 2.30 bits per heavy atom. The quantitative estimate of drug-likeness (QED) is 0.504. The van der Waals surface area contributed by atoms with Gasteiger partial charge in [0.2, 0.25) is 0 Å². The van der Waals surface area contributed by atoms with E-state index in [1.165, 1.54) is 6.92 Å². The summed E-state index contributed by atoms with van der Waals surface area (Å²) >= 11 is 0. The molecule has 0 radical (unpaired) electrons. The van der Waals surface area contributed by atoms with E-state index in [2.05, 4.69) is 6.07 Å². The van der Waals surface area contributed by atoms with E-state index in [-0.39, 0.29) is 5.97 Å². The van der Waals surface area contributed by atoms with Crippen LogP contribution in [0.3, 0.4) is 0 Å². The second-order valence-corrected chi connectivity index (χ2v) is 4.62. The molecule has 0 bridgehead atoms. The average molecular weight is 262 g/mol. The van der Waals surface area contributed by atoms with Crippen LogP contribution in [0.5, 0.6) is 5.75 Å². The second-order valence-electron chi connectivity index (χ2n) is 4.62. The minimum Gasteiger partial charge on any atom is -0.426 e. The van der Waals surface area contributed by atoms with Gasteiger partial charge in [-0.05, 0) is 22.4 Å². The molecule has 2 heteroatoms. The van der Waals surface area contributed by atoms with Crippen LogP contribution >= 0.6 is 0 Å². The van der Waals surface area contributed by atoms with Crippen LogP contribution in [0.15, 0.2) is 66.7 Å². The molecule has 0 aliphatic heterocycles. The number of carbonyl (C=O) groups excluding carboxylic acids is 1. The molecule has 0 saturated carbocycles. The van der Waals surface area contributed by atoms with Gasteiger partial charge in [0.15, 0.2) is 0 Å². The minimum absolute atomic E-state index is 0.308. The highest BCUT2D eigenvalue weighted by Crippen LogP contribution is 2.37. The molecule has 0 atom stereocenters. The van der Waals surface area contributed by atoms with Crippen LogP contribution in [0, 0.1) is 0 Å². The molecule has 0 aromatic heterocycles. The van der Waals surface area contributed by atoms with Crippen LogP contribution in [-0.4, -0.2) is 5.97 Å². The molecule has 20 heavy (non-hydrogen) atoms. The maximum atomic E-state index is 11.3. The Hall–Kier alpha value is -2.61. The fraction of sp³-hybridized carbons (Fsp3) is 0.0556. The monoisotopic (exact) mass is 262 g/mol. The first-order valence-electron chi connectivity index (χ1n) is 6.51. The van der Waals surface area contributed by atoms with Crippen molar-refractivity contribution >= 4 is 16.7 Å². The fourth-order valence-corrected chi connectivity index (χ4v) is 2.39. The first kappa shape index (κ1) is 12.4. The molecule has 0 fully saturated rings. The summed E-state index contributed by atoms with van der Waals surface area (Å²) in [5.41, 5.74) is 2.00. The van der Waals surface area contributed by atoms with Gasteiger partial charge < -0.3 is 4.74 Å². The van der Waals surface area contributed by atoms with Gasteiger partial charge in [0.1, 0.15) is 5.75 Å². The second kappa shape index (κ2) is 5.17. The SMILES string of the molecule is CC(=O)Oc1ccc2ccccc2c1-c1ccccc1. The van der Waals surface area contributed by atoms with Crippen molar-refractivity contribution in [2.45, 2.75) is 6.92 Å². The standard InChI is InChI=1S/C18H14O2/c1-13(19)20-17-12-11-14-7-5-6-10-16(14)18(17)15-8-3-2-4-9-15/h2-12H,1H3. The molecular formula is C18H14O2. The number of ether oxygens (including phenoxy) is 1. The Balaban J connectivity index is 2.31. The molecule has 0 N–H and O–H groups in total. The van der Waals surface area contributed by atoms with Crippen molar-refractivity contribution in [2.24, 2.45) is 0 Å². The van der Waals surface area contributed by atoms with E-state index >= 15 is 0 Å². The topological polar surface area (TPSA) is 26.3 Å². The number of benzene rings is 3. The first-order valence-corrected chi connectivity index (χ1v) is 6.51. The summed E-state index contributed by atoms with van der Waals surface area (Å²) in [7, 11) is 0. The molecular weight excluding hydrogens is 248 g/mol. The lowest BCUT2D eigenvalue weighted by Gasteiger charge is -2.12. The molecule has 3 aromatic carbocycles. The lowest BCUT2D eigenvalue weighted by atomic mass is 9.97. The van der Waals surface area contributed by atoms with Crippen molar-refractivity contribution < 1.29 is 9.53 Å². The van der Waals surface area contributed by atoms with Gasteiger partial charge in [-0.15, -0.1) is 0 Å². The van der Waals surface area contributed by atoms with Crippen molar-refractivity contribution in [1.82, 2.24) is 0 Å². The summed E-state index contributed by atoms with van der Waals surface area (Å²) in [6.07, 6.45) is 0. The van der Waals surface area contributed by atoms with E-state index in [0.717, 1.165) is 21.9 Å². The van der Waals surface area contributed by atoms with Crippen LogP contribution in [-0.2, 0) is 4.79 Å². The Morgan fingerprint density at radius 2 is 1.55 bits per heavy atom. The van der Waals surface area contributed by atoms with Crippen molar-refractivity contribution in [3.8, 4) is 16.9 Å². The Kier molecular flexibility index (Phi) is 3.21. The van der Waals surface area contributed by atoms with Gasteiger partial charge in [0, 0.05) is 12.5 Å². The third kappa shape index (κ3) is 2.28. The fourth-order valence-electron chi connectivity index (χ4n) is 2.39. The Morgan fingerprint density at radius 1 is 0.850 bits per heavy atom. The van der Waals surface area contributed by atoms with Gasteiger partial charge in [-0.1, -0.05) is 60.7 Å². The molecule has 0 spiro atoms. The lowest BCUT2D eigenvalue weighted by Crippen LogP contribution is -2.02. The molecule has 3 rings (SSSR count). The summed E-state index contributed by atoms with van der Waals surface area (Å²) in [6, 6.07) is 21.9. The number of carbonyl (C=O) groups is 1. The van der Waals surface area contributed by atoms with Gasteiger partial charge >= 0.3 is 5.97 Å². The largest absolute Gasteiger partial charge is 0.426 e. The number of rotatable bonds is 2. The smallest absolute Gasteiger partial charge is 0.308 e. The van der Waals surface area contributed by atoms with Crippen molar-refractivity contribution in [2.75, 3.05) is 0 Å². The molecule has 0 heterocycles. The molecule has 3 aromatic rings. The molecule has 0 amide bonds. The molecule has 2 nitrogen and oxygen atoms in total. The third-order valence-corrected chi connectivity index (χ3v) is 3.21. The van der Waals surface area contributed by atoms with Gasteiger partial charge in [-0.25, -0.2) is 0 Å². The first-order chi connectivity index (χ1) is 9.75. The number of esters is 1. The zero-order valence-electron chi connectivity index (χ0n) is 11.2. The zero-order chi connectivity index (χ0) is 13.9. The number of fused-ring (bicyclic) bond motifs is 1. The minimum atomic E-state index is -0.308. The summed E-state index contributed by atoms with van der Waals surface area (Å²) in [4.78, 5) is 11.3. The van der Waals surface area contributed by atoms with Crippen LogP contribution in [0.2, 0.25) is 0 Å². The van der Waals surface area contributed by atoms with Crippen LogP contribution in [0.25, 0.3) is 21.9 Å². The molecule has 0 unspecified atom stereocenters. The molecule has 0 saturated heterocycles. The Labute approximate surface area is 117 Å². The maximum absolute atomic E-state index is 11.3.